The van der Waals surface area contributed by atoms with E-state index in [0.29, 0.717) is 0 Å². The van der Waals surface area contributed by atoms with Crippen LogP contribution in [0.2, 0.25) is 0 Å². The maximum Gasteiger partial charge on any atom is 0.597 e. The Morgan fingerprint density at radius 3 is 1.96 bits per heavy atom. The number of fused-ring (bicyclic) bond motifs is 3. The topological polar surface area (TPSA) is 30.2 Å². The maximum atomic E-state index is 12.5. The van der Waals surface area contributed by atoms with Crippen molar-refractivity contribution in [3.8, 4) is 0 Å². The molecule has 2 nitrogen and oxygen atoms in total. The molecule has 0 bridgehead atoms. The first kappa shape index (κ1) is 16.2. The van der Waals surface area contributed by atoms with Gasteiger partial charge in [-0.05, 0) is 50.8 Å². The first-order valence-corrected chi connectivity index (χ1v) is 9.20. The summed E-state index contributed by atoms with van der Waals surface area (Å²) < 4.78 is 18.2. The van der Waals surface area contributed by atoms with E-state index >= 15 is 0 Å². The van der Waals surface area contributed by atoms with E-state index in [-0.39, 0.29) is 10.8 Å². The highest BCUT2D eigenvalue weighted by Gasteiger charge is 2.22. The zero-order valence-corrected chi connectivity index (χ0v) is 15.6. The van der Waals surface area contributed by atoms with Crippen molar-refractivity contribution in [3.63, 3.8) is 0 Å². The van der Waals surface area contributed by atoms with Crippen LogP contribution in [0.4, 0.5) is 0 Å². The molecule has 3 heteroatoms. The van der Waals surface area contributed by atoms with Gasteiger partial charge in [-0.2, -0.15) is 0 Å². The highest BCUT2D eigenvalue weighted by molar-refractivity contribution is 7.37. The van der Waals surface area contributed by atoms with E-state index in [4.69, 9.17) is 4.20 Å². The van der Waals surface area contributed by atoms with Crippen molar-refractivity contribution in [2.45, 2.75) is 52.4 Å². The highest BCUT2D eigenvalue weighted by Crippen LogP contribution is 2.39. The monoisotopic (exact) mass is 327 g/mol. The molecule has 120 valence electrons. The van der Waals surface area contributed by atoms with Gasteiger partial charge in [-0.25, -0.2) is 4.20 Å². The van der Waals surface area contributed by atoms with Crippen molar-refractivity contribution in [3.05, 3.63) is 47.5 Å². The molecule has 0 fully saturated rings. The minimum Gasteiger partial charge on any atom is -0.250 e. The van der Waals surface area contributed by atoms with Crippen molar-refractivity contribution >= 4 is 29.1 Å². The van der Waals surface area contributed by atoms with E-state index in [1.54, 1.807) is 0 Å². The van der Waals surface area contributed by atoms with Gasteiger partial charge in [0.1, 0.15) is 0 Å². The fourth-order valence-electron chi connectivity index (χ4n) is 2.80. The third-order valence-electron chi connectivity index (χ3n) is 4.38. The fraction of sp³-hybridized carbons (Fsp3) is 0.400. The molecule has 1 heterocycles. The van der Waals surface area contributed by atoms with Crippen LogP contribution in [-0.4, -0.2) is 0 Å². The molecular formula is C20H24O2P+. The summed E-state index contributed by atoms with van der Waals surface area (Å²) in [5.74, 6) is 0. The second kappa shape index (κ2) is 5.18. The lowest BCUT2D eigenvalue weighted by Crippen LogP contribution is -2.11. The van der Waals surface area contributed by atoms with Gasteiger partial charge in [0, 0.05) is 10.8 Å². The average Bonchev–Trinajstić information content (AvgIpc) is 2.44. The minimum absolute atomic E-state index is 0.0393. The summed E-state index contributed by atoms with van der Waals surface area (Å²) in [5, 5.41) is 2.87. The van der Waals surface area contributed by atoms with E-state index in [1.165, 1.54) is 11.1 Å². The van der Waals surface area contributed by atoms with Crippen LogP contribution in [0.3, 0.4) is 0 Å². The summed E-state index contributed by atoms with van der Waals surface area (Å²) in [6, 6.07) is 12.5. The number of benzene rings is 2. The summed E-state index contributed by atoms with van der Waals surface area (Å²) in [4.78, 5) is 0. The van der Waals surface area contributed by atoms with Gasteiger partial charge in [-0.3, -0.25) is 0 Å². The van der Waals surface area contributed by atoms with Gasteiger partial charge in [0.05, 0.1) is 0 Å². The Balaban J connectivity index is 2.39. The van der Waals surface area contributed by atoms with Crippen molar-refractivity contribution < 1.29 is 8.76 Å². The zero-order valence-electron chi connectivity index (χ0n) is 14.7. The van der Waals surface area contributed by atoms with Gasteiger partial charge in [0.2, 0.25) is 5.12 Å². The van der Waals surface area contributed by atoms with E-state index in [2.05, 4.69) is 65.8 Å². The van der Waals surface area contributed by atoms with Gasteiger partial charge in [0.25, 0.3) is 0 Å². The van der Waals surface area contributed by atoms with Gasteiger partial charge >= 0.3 is 7.65 Å². The van der Waals surface area contributed by atoms with E-state index in [1.807, 2.05) is 12.1 Å². The Bertz CT molecular complexity index is 953. The summed E-state index contributed by atoms with van der Waals surface area (Å²) >= 11 is 0. The Morgan fingerprint density at radius 2 is 1.35 bits per heavy atom. The lowest BCUT2D eigenvalue weighted by atomic mass is 9.85. The van der Waals surface area contributed by atoms with Crippen molar-refractivity contribution in [2.24, 2.45) is 0 Å². The van der Waals surface area contributed by atoms with Crippen molar-refractivity contribution in [2.75, 3.05) is 0 Å². The number of rotatable bonds is 0. The third kappa shape index (κ3) is 2.93. The molecule has 0 radical (unpaired) electrons. The molecule has 0 aliphatic carbocycles. The Labute approximate surface area is 138 Å². The molecule has 3 aromatic rings. The molecule has 1 unspecified atom stereocenters. The minimum atomic E-state index is -1.84. The van der Waals surface area contributed by atoms with Crippen LogP contribution in [0.15, 0.2) is 40.6 Å². The summed E-state index contributed by atoms with van der Waals surface area (Å²) in [6.07, 6.45) is 0. The first-order valence-electron chi connectivity index (χ1n) is 8.02. The van der Waals surface area contributed by atoms with Gasteiger partial charge < -0.3 is 0 Å². The van der Waals surface area contributed by atoms with Crippen LogP contribution < -0.4 is 0 Å². The molecule has 0 aliphatic heterocycles. The summed E-state index contributed by atoms with van der Waals surface area (Å²) in [7, 11) is -1.84. The second-order valence-electron chi connectivity index (χ2n) is 8.29. The Kier molecular flexibility index (Phi) is 3.65. The molecule has 23 heavy (non-hydrogen) atoms. The number of hydrogen-bond acceptors (Lipinski definition) is 2. The lowest BCUT2D eigenvalue weighted by Gasteiger charge is -2.19. The summed E-state index contributed by atoms with van der Waals surface area (Å²) in [6.45, 7) is 13.1. The van der Waals surface area contributed by atoms with Gasteiger partial charge in [0.15, 0.2) is 5.58 Å². The molecule has 1 aromatic heterocycles. The van der Waals surface area contributed by atoms with Crippen molar-refractivity contribution in [1.29, 1.82) is 0 Å². The fourth-order valence-corrected chi connectivity index (χ4v) is 3.81. The molecule has 0 saturated carbocycles. The average molecular weight is 327 g/mol. The predicted octanol–water partition coefficient (Wildman–Crippen LogP) is 6.92. The van der Waals surface area contributed by atoms with Crippen LogP contribution in [0.5, 0.6) is 0 Å². The van der Waals surface area contributed by atoms with Crippen LogP contribution in [0.1, 0.15) is 52.7 Å². The zero-order chi connectivity index (χ0) is 17.0. The van der Waals surface area contributed by atoms with E-state index in [9.17, 15) is 4.57 Å². The molecule has 0 spiro atoms. The first-order chi connectivity index (χ1) is 10.6. The molecule has 2 aromatic carbocycles. The predicted molar refractivity (Wildman–Crippen MR) is 98.7 cm³/mol. The Hall–Kier alpha value is -1.66. The quantitative estimate of drug-likeness (QED) is 0.419. The number of hydrogen-bond donors (Lipinski definition) is 0. The van der Waals surface area contributed by atoms with Gasteiger partial charge in [-0.1, -0.05) is 53.7 Å². The maximum absolute atomic E-state index is 12.5. The van der Waals surface area contributed by atoms with Crippen LogP contribution in [-0.2, 0) is 15.4 Å². The summed E-state index contributed by atoms with van der Waals surface area (Å²) in [5.41, 5.74) is 3.27. The highest BCUT2D eigenvalue weighted by atomic mass is 31.1. The molecule has 0 N–H and O–H groups in total. The van der Waals surface area contributed by atoms with Crippen LogP contribution in [0.25, 0.3) is 21.5 Å². The lowest BCUT2D eigenvalue weighted by molar-refractivity contribution is 0.561. The largest absolute Gasteiger partial charge is 0.597 e. The van der Waals surface area contributed by atoms with Crippen LogP contribution >= 0.6 is 7.65 Å². The van der Waals surface area contributed by atoms with E-state index in [0.717, 1.165) is 21.5 Å². The second-order valence-corrected chi connectivity index (χ2v) is 9.47. The van der Waals surface area contributed by atoms with Crippen LogP contribution in [0, 0.1) is 0 Å². The standard InChI is InChI=1S/C20H24O2P/c1-19(2,3)13-8-10-18-16(11-13)15-9-7-14(20(4,5)6)12-17(15)22-23(18)21/h7-12H,1-6H3/q+1. The SMILES string of the molecule is CC(C)(C)c1ccc2c(c1)o[p+](=O)c1ccc(C(C)(C)C)cc21. The molecule has 0 aliphatic rings. The molecule has 1 atom stereocenters. The smallest absolute Gasteiger partial charge is 0.250 e. The molecule has 0 saturated heterocycles. The third-order valence-corrected chi connectivity index (χ3v) is 5.52. The van der Waals surface area contributed by atoms with Gasteiger partial charge in [-0.15, -0.1) is 0 Å². The van der Waals surface area contributed by atoms with Crippen molar-refractivity contribution in [1.82, 2.24) is 0 Å². The Morgan fingerprint density at radius 1 is 0.783 bits per heavy atom. The normalized spacial score (nSPS) is 13.7. The van der Waals surface area contributed by atoms with E-state index < -0.39 is 7.65 Å². The molecule has 3 rings (SSSR count). The molecule has 0 amide bonds. The molecular weight excluding hydrogens is 303 g/mol.